The van der Waals surface area contributed by atoms with E-state index in [1.54, 1.807) is 7.05 Å². The highest BCUT2D eigenvalue weighted by Crippen LogP contribution is 2.13. The van der Waals surface area contributed by atoms with Gasteiger partial charge in [-0.3, -0.25) is 9.69 Å². The fourth-order valence-electron chi connectivity index (χ4n) is 1.64. The first-order valence-electron chi connectivity index (χ1n) is 5.77. The van der Waals surface area contributed by atoms with E-state index >= 15 is 0 Å². The zero-order valence-electron chi connectivity index (χ0n) is 10.9. The van der Waals surface area contributed by atoms with Crippen molar-refractivity contribution in [3.8, 4) is 0 Å². The molecule has 1 fully saturated rings. The van der Waals surface area contributed by atoms with Crippen molar-refractivity contribution in [3.05, 3.63) is 0 Å². The number of carbonyl (C=O) groups is 2. The van der Waals surface area contributed by atoms with Crippen LogP contribution in [0.5, 0.6) is 0 Å². The lowest BCUT2D eigenvalue weighted by molar-refractivity contribution is -0.126. The van der Waals surface area contributed by atoms with Crippen molar-refractivity contribution in [1.82, 2.24) is 15.5 Å². The van der Waals surface area contributed by atoms with Crippen LogP contribution >= 0.6 is 0 Å². The smallest absolute Gasteiger partial charge is 0.411 e. The van der Waals surface area contributed by atoms with Gasteiger partial charge in [0.2, 0.25) is 5.91 Å². The summed E-state index contributed by atoms with van der Waals surface area (Å²) in [6.07, 6.45) is -0.437. The third-order valence-corrected chi connectivity index (χ3v) is 2.42. The van der Waals surface area contributed by atoms with Gasteiger partial charge in [-0.25, -0.2) is 4.79 Å². The van der Waals surface area contributed by atoms with Crippen LogP contribution in [-0.2, 0) is 9.53 Å². The minimum Gasteiger partial charge on any atom is -0.444 e. The average Bonchev–Trinajstić information content (AvgIpc) is 2.25. The van der Waals surface area contributed by atoms with Crippen LogP contribution in [0.25, 0.3) is 0 Å². The van der Waals surface area contributed by atoms with Gasteiger partial charge in [-0.1, -0.05) is 0 Å². The van der Waals surface area contributed by atoms with Gasteiger partial charge < -0.3 is 15.4 Å². The number of nitrogens with zero attached hydrogens (tertiary/aromatic N) is 1. The second kappa shape index (κ2) is 5.35. The van der Waals surface area contributed by atoms with Crippen LogP contribution in [-0.4, -0.2) is 55.2 Å². The summed E-state index contributed by atoms with van der Waals surface area (Å²) in [6, 6.07) is -0.497. The molecule has 1 aliphatic heterocycles. The molecule has 0 bridgehead atoms. The van der Waals surface area contributed by atoms with Crippen LogP contribution in [0.3, 0.4) is 0 Å². The number of piperazine rings is 1. The molecule has 1 aliphatic rings. The maximum atomic E-state index is 11.9. The van der Waals surface area contributed by atoms with E-state index in [1.165, 1.54) is 4.90 Å². The van der Waals surface area contributed by atoms with Gasteiger partial charge in [-0.05, 0) is 20.8 Å². The molecule has 1 atom stereocenters. The standard InChI is InChI=1S/C11H21N3O3/c1-11(2,3)17-10(16)14-6-5-13-7-8(14)9(15)12-4/h8,13H,5-7H2,1-4H3,(H,12,15). The lowest BCUT2D eigenvalue weighted by atomic mass is 10.2. The Bertz CT molecular complexity index is 299. The normalized spacial score (nSPS) is 20.9. The summed E-state index contributed by atoms with van der Waals surface area (Å²) in [5.41, 5.74) is -0.546. The summed E-state index contributed by atoms with van der Waals surface area (Å²) in [5, 5.41) is 5.64. The molecule has 2 amide bonds. The van der Waals surface area contributed by atoms with Crippen molar-refractivity contribution in [2.45, 2.75) is 32.4 Å². The number of hydrogen-bond acceptors (Lipinski definition) is 4. The number of nitrogens with one attached hydrogen (secondary N) is 2. The first-order chi connectivity index (χ1) is 7.85. The lowest BCUT2D eigenvalue weighted by Crippen LogP contribution is -2.59. The predicted molar refractivity (Wildman–Crippen MR) is 63.7 cm³/mol. The molecule has 1 saturated heterocycles. The minimum absolute atomic E-state index is 0.178. The number of likely N-dealkylation sites (N-methyl/N-ethyl adjacent to an activating group) is 1. The van der Waals surface area contributed by atoms with Crippen LogP contribution in [0.1, 0.15) is 20.8 Å². The fraction of sp³-hybridized carbons (Fsp3) is 0.818. The summed E-state index contributed by atoms with van der Waals surface area (Å²) in [5.74, 6) is -0.178. The SMILES string of the molecule is CNC(=O)C1CNCCN1C(=O)OC(C)(C)C. The Morgan fingerprint density at radius 2 is 2.06 bits per heavy atom. The summed E-state index contributed by atoms with van der Waals surface area (Å²) < 4.78 is 5.28. The van der Waals surface area contributed by atoms with Crippen LogP contribution in [0, 0.1) is 0 Å². The molecule has 6 heteroatoms. The molecule has 0 aromatic carbocycles. The van der Waals surface area contributed by atoms with E-state index in [1.807, 2.05) is 20.8 Å². The van der Waals surface area contributed by atoms with Gasteiger partial charge in [0, 0.05) is 26.7 Å². The summed E-state index contributed by atoms with van der Waals surface area (Å²) >= 11 is 0. The molecule has 1 unspecified atom stereocenters. The molecule has 0 radical (unpaired) electrons. The third kappa shape index (κ3) is 3.89. The Morgan fingerprint density at radius 3 is 2.59 bits per heavy atom. The summed E-state index contributed by atoms with van der Waals surface area (Å²) in [6.45, 7) is 7.03. The Kier molecular flexibility index (Phi) is 4.34. The van der Waals surface area contributed by atoms with E-state index in [9.17, 15) is 9.59 Å². The lowest BCUT2D eigenvalue weighted by Gasteiger charge is -2.35. The number of hydrogen-bond donors (Lipinski definition) is 2. The van der Waals surface area contributed by atoms with E-state index in [4.69, 9.17) is 4.74 Å². The minimum atomic E-state index is -0.546. The Balaban J connectivity index is 2.71. The first-order valence-corrected chi connectivity index (χ1v) is 5.77. The van der Waals surface area contributed by atoms with Crippen molar-refractivity contribution >= 4 is 12.0 Å². The highest BCUT2D eigenvalue weighted by molar-refractivity contribution is 5.86. The molecular weight excluding hydrogens is 222 g/mol. The van der Waals surface area contributed by atoms with Gasteiger partial charge in [0.1, 0.15) is 11.6 Å². The highest BCUT2D eigenvalue weighted by atomic mass is 16.6. The number of carbonyl (C=O) groups excluding carboxylic acids is 2. The molecule has 1 rings (SSSR count). The Labute approximate surface area is 102 Å². The second-order valence-electron chi connectivity index (χ2n) is 5.01. The van der Waals surface area contributed by atoms with E-state index < -0.39 is 17.7 Å². The molecule has 2 N–H and O–H groups in total. The van der Waals surface area contributed by atoms with Crippen LogP contribution < -0.4 is 10.6 Å². The topological polar surface area (TPSA) is 70.7 Å². The van der Waals surface area contributed by atoms with Crippen molar-refractivity contribution in [2.24, 2.45) is 0 Å². The molecule has 0 spiro atoms. The molecular formula is C11H21N3O3. The Hall–Kier alpha value is -1.30. The number of rotatable bonds is 1. The zero-order chi connectivity index (χ0) is 13.1. The number of ether oxygens (including phenoxy) is 1. The van der Waals surface area contributed by atoms with Crippen molar-refractivity contribution < 1.29 is 14.3 Å². The summed E-state index contributed by atoms with van der Waals surface area (Å²) in [7, 11) is 1.56. The van der Waals surface area contributed by atoms with Crippen LogP contribution in [0.15, 0.2) is 0 Å². The molecule has 1 heterocycles. The van der Waals surface area contributed by atoms with E-state index in [0.717, 1.165) is 0 Å². The largest absolute Gasteiger partial charge is 0.444 e. The monoisotopic (exact) mass is 243 g/mol. The van der Waals surface area contributed by atoms with Crippen molar-refractivity contribution in [1.29, 1.82) is 0 Å². The molecule has 0 aromatic rings. The average molecular weight is 243 g/mol. The van der Waals surface area contributed by atoms with Crippen molar-refractivity contribution in [3.63, 3.8) is 0 Å². The van der Waals surface area contributed by atoms with Crippen LogP contribution in [0.4, 0.5) is 4.79 Å². The third-order valence-electron chi connectivity index (χ3n) is 2.42. The van der Waals surface area contributed by atoms with Gasteiger partial charge in [0.05, 0.1) is 0 Å². The van der Waals surface area contributed by atoms with Gasteiger partial charge in [0.15, 0.2) is 0 Å². The van der Waals surface area contributed by atoms with Gasteiger partial charge in [0.25, 0.3) is 0 Å². The molecule has 17 heavy (non-hydrogen) atoms. The molecule has 6 nitrogen and oxygen atoms in total. The van der Waals surface area contributed by atoms with E-state index in [-0.39, 0.29) is 5.91 Å². The van der Waals surface area contributed by atoms with Crippen LogP contribution in [0.2, 0.25) is 0 Å². The van der Waals surface area contributed by atoms with Gasteiger partial charge in [-0.15, -0.1) is 0 Å². The predicted octanol–water partition coefficient (Wildman–Crippen LogP) is -0.0587. The molecule has 0 saturated carbocycles. The first kappa shape index (κ1) is 13.8. The fourth-order valence-corrected chi connectivity index (χ4v) is 1.64. The maximum Gasteiger partial charge on any atom is 0.411 e. The highest BCUT2D eigenvalue weighted by Gasteiger charge is 2.34. The summed E-state index contributed by atoms with van der Waals surface area (Å²) in [4.78, 5) is 25.1. The maximum absolute atomic E-state index is 11.9. The van der Waals surface area contributed by atoms with Gasteiger partial charge in [-0.2, -0.15) is 0 Å². The zero-order valence-corrected chi connectivity index (χ0v) is 10.9. The molecule has 98 valence electrons. The van der Waals surface area contributed by atoms with Crippen molar-refractivity contribution in [2.75, 3.05) is 26.7 Å². The number of amides is 2. The van der Waals surface area contributed by atoms with Gasteiger partial charge >= 0.3 is 6.09 Å². The van der Waals surface area contributed by atoms with E-state index in [0.29, 0.717) is 19.6 Å². The molecule has 0 aromatic heterocycles. The quantitative estimate of drug-likeness (QED) is 0.677. The Morgan fingerprint density at radius 1 is 1.41 bits per heavy atom. The van der Waals surface area contributed by atoms with E-state index in [2.05, 4.69) is 10.6 Å². The molecule has 0 aliphatic carbocycles. The second-order valence-corrected chi connectivity index (χ2v) is 5.01.